The van der Waals surface area contributed by atoms with E-state index in [1.165, 1.54) is 5.56 Å². The molecule has 2 N–H and O–H groups in total. The largest absolute Gasteiger partial charge is 0.357 e. The molecule has 0 saturated carbocycles. The summed E-state index contributed by atoms with van der Waals surface area (Å²) in [6, 6.07) is 4.78. The summed E-state index contributed by atoms with van der Waals surface area (Å²) in [5.41, 5.74) is 8.08. The SMILES string of the molecule is CCC(CC)N(C)c1cc(CN)cc(C(C)C)n1. The molecule has 0 aromatic carbocycles. The van der Waals surface area contributed by atoms with Crippen LogP contribution in [-0.4, -0.2) is 18.1 Å². The lowest BCUT2D eigenvalue weighted by atomic mass is 10.1. The van der Waals surface area contributed by atoms with Crippen LogP contribution in [0.4, 0.5) is 5.82 Å². The normalized spacial score (nSPS) is 11.3. The number of nitrogens with two attached hydrogens (primary N) is 1. The average Bonchev–Trinajstić information content (AvgIpc) is 2.39. The molecule has 0 aliphatic heterocycles. The smallest absolute Gasteiger partial charge is 0.129 e. The summed E-state index contributed by atoms with van der Waals surface area (Å²) in [5.74, 6) is 1.49. The molecule has 0 atom stereocenters. The van der Waals surface area contributed by atoms with Crippen molar-refractivity contribution in [1.82, 2.24) is 4.98 Å². The summed E-state index contributed by atoms with van der Waals surface area (Å²) >= 11 is 0. The van der Waals surface area contributed by atoms with E-state index in [1.807, 2.05) is 0 Å². The van der Waals surface area contributed by atoms with Gasteiger partial charge in [0.05, 0.1) is 0 Å². The maximum absolute atomic E-state index is 5.78. The number of aromatic nitrogens is 1. The highest BCUT2D eigenvalue weighted by atomic mass is 15.2. The molecule has 0 saturated heterocycles. The highest BCUT2D eigenvalue weighted by molar-refractivity contribution is 5.43. The van der Waals surface area contributed by atoms with E-state index in [0.29, 0.717) is 18.5 Å². The third-order valence-corrected chi connectivity index (χ3v) is 3.57. The van der Waals surface area contributed by atoms with Crippen LogP contribution in [-0.2, 0) is 6.54 Å². The standard InChI is InChI=1S/C15H27N3/c1-6-13(7-2)18(5)15-9-12(10-16)8-14(17-15)11(3)4/h8-9,11,13H,6-7,10,16H2,1-5H3. The second-order valence-electron chi connectivity index (χ2n) is 5.20. The summed E-state index contributed by atoms with van der Waals surface area (Å²) in [5, 5.41) is 0. The fraction of sp³-hybridized carbons (Fsp3) is 0.667. The lowest BCUT2D eigenvalue weighted by Crippen LogP contribution is -2.31. The lowest BCUT2D eigenvalue weighted by Gasteiger charge is -2.28. The summed E-state index contributed by atoms with van der Waals surface area (Å²) in [7, 11) is 2.13. The van der Waals surface area contributed by atoms with E-state index < -0.39 is 0 Å². The van der Waals surface area contributed by atoms with Crippen molar-refractivity contribution in [3.05, 3.63) is 23.4 Å². The minimum absolute atomic E-state index is 0.436. The molecule has 0 aliphatic rings. The molecule has 0 amide bonds. The first kappa shape index (κ1) is 15.0. The van der Waals surface area contributed by atoms with Crippen molar-refractivity contribution < 1.29 is 0 Å². The molecule has 0 bridgehead atoms. The van der Waals surface area contributed by atoms with Crippen LogP contribution in [0.15, 0.2) is 12.1 Å². The van der Waals surface area contributed by atoms with Gasteiger partial charge in [-0.3, -0.25) is 0 Å². The third kappa shape index (κ3) is 3.45. The molecule has 1 aromatic heterocycles. The third-order valence-electron chi connectivity index (χ3n) is 3.57. The van der Waals surface area contributed by atoms with Gasteiger partial charge in [0.25, 0.3) is 0 Å². The van der Waals surface area contributed by atoms with Crippen LogP contribution in [0.2, 0.25) is 0 Å². The molecule has 102 valence electrons. The van der Waals surface area contributed by atoms with E-state index >= 15 is 0 Å². The zero-order valence-corrected chi connectivity index (χ0v) is 12.4. The van der Waals surface area contributed by atoms with Gasteiger partial charge >= 0.3 is 0 Å². The van der Waals surface area contributed by atoms with Crippen molar-refractivity contribution in [1.29, 1.82) is 0 Å². The summed E-state index contributed by atoms with van der Waals surface area (Å²) in [6.07, 6.45) is 2.27. The van der Waals surface area contributed by atoms with Gasteiger partial charge in [-0.25, -0.2) is 4.98 Å². The van der Waals surface area contributed by atoms with E-state index in [-0.39, 0.29) is 0 Å². The van der Waals surface area contributed by atoms with E-state index in [9.17, 15) is 0 Å². The molecule has 1 rings (SSSR count). The van der Waals surface area contributed by atoms with Crippen molar-refractivity contribution in [2.24, 2.45) is 5.73 Å². The predicted molar refractivity (Wildman–Crippen MR) is 79.0 cm³/mol. The topological polar surface area (TPSA) is 42.1 Å². The molecule has 0 spiro atoms. The van der Waals surface area contributed by atoms with Crippen LogP contribution in [0.3, 0.4) is 0 Å². The lowest BCUT2D eigenvalue weighted by molar-refractivity contribution is 0.585. The van der Waals surface area contributed by atoms with Crippen molar-refractivity contribution in [3.63, 3.8) is 0 Å². The molecule has 18 heavy (non-hydrogen) atoms. The summed E-state index contributed by atoms with van der Waals surface area (Å²) < 4.78 is 0. The Bertz CT molecular complexity index is 370. The Hall–Kier alpha value is -1.09. The maximum atomic E-state index is 5.78. The Kier molecular flexibility index (Phi) is 5.60. The van der Waals surface area contributed by atoms with Crippen molar-refractivity contribution >= 4 is 5.82 Å². The molecule has 1 heterocycles. The number of nitrogens with zero attached hydrogens (tertiary/aromatic N) is 2. The minimum Gasteiger partial charge on any atom is -0.357 e. The second kappa shape index (κ2) is 6.74. The van der Waals surface area contributed by atoms with Gasteiger partial charge in [-0.1, -0.05) is 27.7 Å². The number of anilines is 1. The molecule has 0 aliphatic carbocycles. The van der Waals surface area contributed by atoms with Gasteiger partial charge in [0.15, 0.2) is 0 Å². The van der Waals surface area contributed by atoms with Gasteiger partial charge in [0.1, 0.15) is 5.82 Å². The van der Waals surface area contributed by atoms with Crippen LogP contribution in [0.1, 0.15) is 57.7 Å². The number of hydrogen-bond acceptors (Lipinski definition) is 3. The number of rotatable bonds is 6. The summed E-state index contributed by atoms with van der Waals surface area (Å²) in [4.78, 5) is 7.05. The quantitative estimate of drug-likeness (QED) is 0.841. The van der Waals surface area contributed by atoms with Crippen LogP contribution in [0, 0.1) is 0 Å². The molecule has 0 unspecified atom stereocenters. The first-order valence-electron chi connectivity index (χ1n) is 6.97. The van der Waals surface area contributed by atoms with Gasteiger partial charge in [0, 0.05) is 25.3 Å². The minimum atomic E-state index is 0.436. The fourth-order valence-electron chi connectivity index (χ4n) is 2.21. The highest BCUT2D eigenvalue weighted by Crippen LogP contribution is 2.22. The monoisotopic (exact) mass is 249 g/mol. The highest BCUT2D eigenvalue weighted by Gasteiger charge is 2.14. The van der Waals surface area contributed by atoms with Gasteiger partial charge in [-0.15, -0.1) is 0 Å². The van der Waals surface area contributed by atoms with Gasteiger partial charge in [0.2, 0.25) is 0 Å². The van der Waals surface area contributed by atoms with Crippen molar-refractivity contribution in [3.8, 4) is 0 Å². The summed E-state index contributed by atoms with van der Waals surface area (Å²) in [6.45, 7) is 9.36. The number of hydrogen-bond donors (Lipinski definition) is 1. The molecule has 0 radical (unpaired) electrons. The van der Waals surface area contributed by atoms with E-state index in [1.54, 1.807) is 0 Å². The van der Waals surface area contributed by atoms with E-state index in [0.717, 1.165) is 24.4 Å². The van der Waals surface area contributed by atoms with Gasteiger partial charge in [-0.05, 0) is 36.5 Å². The Morgan fingerprint density at radius 2 is 1.83 bits per heavy atom. The molecule has 3 heteroatoms. The first-order valence-corrected chi connectivity index (χ1v) is 6.97. The Labute approximate surface area is 111 Å². The van der Waals surface area contributed by atoms with Crippen LogP contribution >= 0.6 is 0 Å². The Balaban J connectivity index is 3.10. The van der Waals surface area contributed by atoms with Gasteiger partial charge < -0.3 is 10.6 Å². The zero-order valence-electron chi connectivity index (χ0n) is 12.4. The second-order valence-corrected chi connectivity index (χ2v) is 5.20. The zero-order chi connectivity index (χ0) is 13.7. The molecular weight excluding hydrogens is 222 g/mol. The van der Waals surface area contributed by atoms with Crippen molar-refractivity contribution in [2.75, 3.05) is 11.9 Å². The Morgan fingerprint density at radius 3 is 2.28 bits per heavy atom. The number of pyridine rings is 1. The van der Waals surface area contributed by atoms with Crippen molar-refractivity contribution in [2.45, 2.75) is 59.0 Å². The van der Waals surface area contributed by atoms with Crippen LogP contribution < -0.4 is 10.6 Å². The predicted octanol–water partition coefficient (Wildman–Crippen LogP) is 3.29. The van der Waals surface area contributed by atoms with E-state index in [2.05, 4.69) is 51.8 Å². The average molecular weight is 249 g/mol. The molecule has 3 nitrogen and oxygen atoms in total. The first-order chi connectivity index (χ1) is 8.53. The van der Waals surface area contributed by atoms with Crippen LogP contribution in [0.25, 0.3) is 0 Å². The van der Waals surface area contributed by atoms with Crippen LogP contribution in [0.5, 0.6) is 0 Å². The Morgan fingerprint density at radius 1 is 1.22 bits per heavy atom. The molecule has 0 fully saturated rings. The molecule has 1 aromatic rings. The maximum Gasteiger partial charge on any atom is 0.129 e. The van der Waals surface area contributed by atoms with E-state index in [4.69, 9.17) is 10.7 Å². The van der Waals surface area contributed by atoms with Gasteiger partial charge in [-0.2, -0.15) is 0 Å². The molecular formula is C15H27N3. The fourth-order valence-corrected chi connectivity index (χ4v) is 2.21.